The summed E-state index contributed by atoms with van der Waals surface area (Å²) in [6, 6.07) is 4.86. The van der Waals surface area contributed by atoms with Gasteiger partial charge in [0.1, 0.15) is 0 Å². The van der Waals surface area contributed by atoms with Crippen LogP contribution in [0.3, 0.4) is 0 Å². The summed E-state index contributed by atoms with van der Waals surface area (Å²) in [7, 11) is 0. The van der Waals surface area contributed by atoms with Crippen LogP contribution in [0, 0.1) is 11.3 Å². The van der Waals surface area contributed by atoms with Gasteiger partial charge in [0.25, 0.3) is 17.4 Å². The number of nitriles is 1. The molecule has 0 saturated heterocycles. The van der Waals surface area contributed by atoms with E-state index in [-0.39, 0.29) is 21.3 Å². The van der Waals surface area contributed by atoms with E-state index in [9.17, 15) is 22.8 Å². The minimum absolute atomic E-state index is 0.175. The second-order valence-corrected chi connectivity index (χ2v) is 5.74. The maximum absolute atomic E-state index is 13.6. The van der Waals surface area contributed by atoms with Crippen LogP contribution in [0.25, 0.3) is 0 Å². The van der Waals surface area contributed by atoms with Crippen LogP contribution in [-0.4, -0.2) is 23.5 Å². The van der Waals surface area contributed by atoms with E-state index < -0.39 is 29.1 Å². The molecule has 0 fully saturated rings. The molecule has 2 amide bonds. The van der Waals surface area contributed by atoms with Crippen LogP contribution in [-0.2, 0) is 4.79 Å². The van der Waals surface area contributed by atoms with E-state index in [0.29, 0.717) is 0 Å². The molecule has 1 atom stereocenters. The SMILES string of the molecule is CC1=C(C#N)[C@](NC(=O)c2ccc(Cl)cc2Cl)(C(F)(F)F)C(=O)N1. The molecule has 2 N–H and O–H groups in total. The molecule has 10 heteroatoms. The topological polar surface area (TPSA) is 82.0 Å². The van der Waals surface area contributed by atoms with E-state index in [0.717, 1.165) is 13.0 Å². The molecule has 0 bridgehead atoms. The summed E-state index contributed by atoms with van der Waals surface area (Å²) in [5, 5.41) is 12.5. The Morgan fingerprint density at radius 1 is 1.38 bits per heavy atom. The first-order valence-electron chi connectivity index (χ1n) is 6.31. The van der Waals surface area contributed by atoms with Crippen molar-refractivity contribution >= 4 is 35.0 Å². The van der Waals surface area contributed by atoms with E-state index in [2.05, 4.69) is 0 Å². The number of hydrogen-bond acceptors (Lipinski definition) is 3. The highest BCUT2D eigenvalue weighted by atomic mass is 35.5. The Labute approximate surface area is 144 Å². The first-order valence-corrected chi connectivity index (χ1v) is 7.07. The van der Waals surface area contributed by atoms with Crippen molar-refractivity contribution in [3.63, 3.8) is 0 Å². The molecule has 1 heterocycles. The van der Waals surface area contributed by atoms with Crippen molar-refractivity contribution in [2.45, 2.75) is 18.6 Å². The van der Waals surface area contributed by atoms with E-state index in [4.69, 9.17) is 28.5 Å². The molecule has 126 valence electrons. The fraction of sp³-hybridized carbons (Fsp3) is 0.214. The fourth-order valence-electron chi connectivity index (χ4n) is 2.26. The quantitative estimate of drug-likeness (QED) is 0.830. The fourth-order valence-corrected chi connectivity index (χ4v) is 2.76. The number of amides is 2. The molecule has 0 spiro atoms. The zero-order chi connectivity index (χ0) is 18.3. The number of carbonyl (C=O) groups is 2. The molecule has 0 aliphatic carbocycles. The predicted octanol–water partition coefficient (Wildman–Crippen LogP) is 2.95. The molecule has 0 aromatic heterocycles. The third-order valence-electron chi connectivity index (χ3n) is 3.41. The van der Waals surface area contributed by atoms with Crippen LogP contribution in [0.2, 0.25) is 10.0 Å². The predicted molar refractivity (Wildman–Crippen MR) is 79.2 cm³/mol. The second-order valence-electron chi connectivity index (χ2n) is 4.89. The second kappa shape index (κ2) is 6.00. The highest BCUT2D eigenvalue weighted by Gasteiger charge is 2.67. The molecule has 1 aromatic carbocycles. The average molecular weight is 378 g/mol. The van der Waals surface area contributed by atoms with Crippen LogP contribution < -0.4 is 10.6 Å². The number of halogens is 5. The van der Waals surface area contributed by atoms with Gasteiger partial charge in [-0.2, -0.15) is 18.4 Å². The van der Waals surface area contributed by atoms with Crippen molar-refractivity contribution in [3.8, 4) is 6.07 Å². The molecule has 0 unspecified atom stereocenters. The number of carbonyl (C=O) groups excluding carboxylic acids is 2. The van der Waals surface area contributed by atoms with E-state index in [1.54, 1.807) is 5.32 Å². The molecule has 0 saturated carbocycles. The van der Waals surface area contributed by atoms with Crippen molar-refractivity contribution in [1.29, 1.82) is 5.26 Å². The van der Waals surface area contributed by atoms with Gasteiger partial charge in [-0.1, -0.05) is 23.2 Å². The molecule has 1 aliphatic rings. The Morgan fingerprint density at radius 3 is 2.50 bits per heavy atom. The van der Waals surface area contributed by atoms with Crippen LogP contribution >= 0.6 is 23.2 Å². The summed E-state index contributed by atoms with van der Waals surface area (Å²) in [6.07, 6.45) is -5.24. The zero-order valence-electron chi connectivity index (χ0n) is 11.9. The molecule has 1 aliphatic heterocycles. The van der Waals surface area contributed by atoms with Crippen molar-refractivity contribution in [3.05, 3.63) is 45.1 Å². The van der Waals surface area contributed by atoms with Crippen LogP contribution in [0.4, 0.5) is 13.2 Å². The van der Waals surface area contributed by atoms with Gasteiger partial charge in [-0.3, -0.25) is 9.59 Å². The largest absolute Gasteiger partial charge is 0.425 e. The van der Waals surface area contributed by atoms with Gasteiger partial charge in [0.15, 0.2) is 0 Å². The van der Waals surface area contributed by atoms with Gasteiger partial charge in [0.2, 0.25) is 0 Å². The van der Waals surface area contributed by atoms with Gasteiger partial charge in [-0.25, -0.2) is 0 Å². The summed E-state index contributed by atoms with van der Waals surface area (Å²) >= 11 is 11.5. The smallest absolute Gasteiger partial charge is 0.326 e. The van der Waals surface area contributed by atoms with E-state index >= 15 is 0 Å². The van der Waals surface area contributed by atoms with Gasteiger partial charge in [0, 0.05) is 10.7 Å². The Hall–Kier alpha value is -2.24. The van der Waals surface area contributed by atoms with Gasteiger partial charge < -0.3 is 10.6 Å². The summed E-state index contributed by atoms with van der Waals surface area (Å²) in [5.74, 6) is -2.84. The summed E-state index contributed by atoms with van der Waals surface area (Å²) in [4.78, 5) is 24.2. The number of benzene rings is 1. The lowest BCUT2D eigenvalue weighted by atomic mass is 9.90. The van der Waals surface area contributed by atoms with Crippen LogP contribution in [0.1, 0.15) is 17.3 Å². The maximum atomic E-state index is 13.6. The number of nitrogens with one attached hydrogen (secondary N) is 2. The molecule has 5 nitrogen and oxygen atoms in total. The number of alkyl halides is 3. The van der Waals surface area contributed by atoms with Crippen molar-refractivity contribution in [1.82, 2.24) is 10.6 Å². The minimum atomic E-state index is -5.24. The summed E-state index contributed by atoms with van der Waals surface area (Å²) < 4.78 is 40.8. The summed E-state index contributed by atoms with van der Waals surface area (Å²) in [5.41, 5.74) is -5.02. The van der Waals surface area contributed by atoms with Crippen LogP contribution in [0.15, 0.2) is 29.5 Å². The Balaban J connectivity index is 2.55. The van der Waals surface area contributed by atoms with E-state index in [1.807, 2.05) is 5.32 Å². The lowest BCUT2D eigenvalue weighted by Crippen LogP contribution is -2.64. The van der Waals surface area contributed by atoms with E-state index in [1.165, 1.54) is 18.2 Å². The third-order valence-corrected chi connectivity index (χ3v) is 3.95. The van der Waals surface area contributed by atoms with Gasteiger partial charge >= 0.3 is 6.18 Å². The normalized spacial score (nSPS) is 20.6. The minimum Gasteiger partial charge on any atom is -0.326 e. The Bertz CT molecular complexity index is 814. The number of allylic oxidation sites excluding steroid dienone is 1. The maximum Gasteiger partial charge on any atom is 0.425 e. The number of nitrogens with zero attached hydrogens (tertiary/aromatic N) is 1. The molecular weight excluding hydrogens is 370 g/mol. The summed E-state index contributed by atoms with van der Waals surface area (Å²) in [6.45, 7) is 1.13. The third kappa shape index (κ3) is 2.70. The highest BCUT2D eigenvalue weighted by Crippen LogP contribution is 2.41. The number of rotatable bonds is 2. The lowest BCUT2D eigenvalue weighted by Gasteiger charge is -2.30. The monoisotopic (exact) mass is 377 g/mol. The van der Waals surface area contributed by atoms with Gasteiger partial charge in [0.05, 0.1) is 22.2 Å². The average Bonchev–Trinajstić information content (AvgIpc) is 2.69. The van der Waals surface area contributed by atoms with Crippen molar-refractivity contribution in [2.24, 2.45) is 0 Å². The highest BCUT2D eigenvalue weighted by molar-refractivity contribution is 6.36. The molecule has 1 aromatic rings. The molecule has 24 heavy (non-hydrogen) atoms. The number of hydrogen-bond donors (Lipinski definition) is 2. The Kier molecular flexibility index (Phi) is 4.52. The van der Waals surface area contributed by atoms with Gasteiger partial charge in [-0.15, -0.1) is 0 Å². The van der Waals surface area contributed by atoms with Gasteiger partial charge in [-0.05, 0) is 25.1 Å². The first-order chi connectivity index (χ1) is 11.0. The molecular formula is C14H8Cl2F3N3O2. The van der Waals surface area contributed by atoms with Crippen LogP contribution in [0.5, 0.6) is 0 Å². The zero-order valence-corrected chi connectivity index (χ0v) is 13.4. The molecule has 0 radical (unpaired) electrons. The van der Waals surface area contributed by atoms with Crippen molar-refractivity contribution in [2.75, 3.05) is 0 Å². The first kappa shape index (κ1) is 18.1. The van der Waals surface area contributed by atoms with Crippen molar-refractivity contribution < 1.29 is 22.8 Å². The Morgan fingerprint density at radius 2 is 2.00 bits per heavy atom. The lowest BCUT2D eigenvalue weighted by molar-refractivity contribution is -0.184. The standard InChI is InChI=1S/C14H8Cl2F3N3O2/c1-6-9(5-20)13(12(24)21-6,14(17,18)19)22-11(23)8-3-2-7(15)4-10(8)16/h2-4H,1H3,(H,21,24)(H,22,23)/t13-/m1/s1. The molecule has 2 rings (SSSR count).